The fraction of sp³-hybridized carbons (Fsp3) is 0.625. The highest BCUT2D eigenvalue weighted by Gasteiger charge is 2.56. The van der Waals surface area contributed by atoms with Crippen molar-refractivity contribution in [2.45, 2.75) is 62.2 Å². The first kappa shape index (κ1) is 18.7. The molecular formula is C16H22O8S. The normalized spacial score (nSPS) is 32.5. The number of hydrogen-bond donors (Lipinski definition) is 2. The topological polar surface area (TPSA) is 112 Å². The van der Waals surface area contributed by atoms with E-state index in [1.54, 1.807) is 26.0 Å². The lowest BCUT2D eigenvalue weighted by Gasteiger charge is -2.25. The molecule has 0 bridgehead atoms. The molecule has 2 aliphatic rings. The first-order valence-corrected chi connectivity index (χ1v) is 9.33. The summed E-state index contributed by atoms with van der Waals surface area (Å²) in [7, 11) is -4.02. The van der Waals surface area contributed by atoms with E-state index in [0.717, 1.165) is 5.56 Å². The van der Waals surface area contributed by atoms with Crippen molar-refractivity contribution in [1.29, 1.82) is 0 Å². The van der Waals surface area contributed by atoms with Crippen molar-refractivity contribution in [3.8, 4) is 0 Å². The van der Waals surface area contributed by atoms with Crippen LogP contribution in [-0.4, -0.2) is 61.7 Å². The third-order valence-corrected chi connectivity index (χ3v) is 5.43. The molecule has 0 unspecified atom stereocenters. The van der Waals surface area contributed by atoms with E-state index in [2.05, 4.69) is 0 Å². The van der Waals surface area contributed by atoms with Crippen LogP contribution >= 0.6 is 0 Å². The van der Waals surface area contributed by atoms with Crippen LogP contribution in [0.1, 0.15) is 19.4 Å². The average molecular weight is 374 g/mol. The Kier molecular flexibility index (Phi) is 4.93. The summed E-state index contributed by atoms with van der Waals surface area (Å²) in [6, 6.07) is 6.14. The van der Waals surface area contributed by atoms with E-state index in [1.807, 2.05) is 6.92 Å². The molecule has 25 heavy (non-hydrogen) atoms. The maximum Gasteiger partial charge on any atom is 0.297 e. The van der Waals surface area contributed by atoms with Gasteiger partial charge in [0.1, 0.15) is 24.4 Å². The second-order valence-electron chi connectivity index (χ2n) is 6.68. The Morgan fingerprint density at radius 3 is 2.48 bits per heavy atom. The Morgan fingerprint density at radius 2 is 1.88 bits per heavy atom. The molecule has 0 radical (unpaired) electrons. The highest BCUT2D eigenvalue weighted by atomic mass is 32.2. The molecule has 0 aliphatic carbocycles. The molecule has 5 atom stereocenters. The Hall–Kier alpha value is -1.07. The SMILES string of the molecule is Cc1ccc(S(=O)(=O)OC[C@H](O)[C@H]2O[C@@H]3OC(C)(C)O[C@@H]3[C@H]2O)cc1. The van der Waals surface area contributed by atoms with Crippen molar-refractivity contribution >= 4 is 10.1 Å². The summed E-state index contributed by atoms with van der Waals surface area (Å²) in [5, 5.41) is 20.4. The minimum absolute atomic E-state index is 0.0107. The largest absolute Gasteiger partial charge is 0.388 e. The van der Waals surface area contributed by atoms with Gasteiger partial charge in [-0.25, -0.2) is 0 Å². The lowest BCUT2D eigenvalue weighted by atomic mass is 10.1. The predicted octanol–water partition coefficient (Wildman–Crippen LogP) is 0.299. The van der Waals surface area contributed by atoms with Crippen molar-refractivity contribution in [2.24, 2.45) is 0 Å². The van der Waals surface area contributed by atoms with E-state index in [-0.39, 0.29) is 4.90 Å². The molecule has 9 heteroatoms. The molecule has 140 valence electrons. The lowest BCUT2D eigenvalue weighted by molar-refractivity contribution is -0.226. The molecule has 2 heterocycles. The third-order valence-electron chi connectivity index (χ3n) is 4.14. The average Bonchev–Trinajstić information content (AvgIpc) is 2.99. The molecule has 8 nitrogen and oxygen atoms in total. The van der Waals surface area contributed by atoms with Gasteiger partial charge in [0.15, 0.2) is 12.1 Å². The lowest BCUT2D eigenvalue weighted by Crippen LogP contribution is -2.43. The van der Waals surface area contributed by atoms with E-state index in [4.69, 9.17) is 18.4 Å². The van der Waals surface area contributed by atoms with Crippen LogP contribution in [0.4, 0.5) is 0 Å². The number of aryl methyl sites for hydroxylation is 1. The van der Waals surface area contributed by atoms with Crippen LogP contribution < -0.4 is 0 Å². The third kappa shape index (κ3) is 3.87. The van der Waals surface area contributed by atoms with Crippen LogP contribution in [0.2, 0.25) is 0 Å². The Morgan fingerprint density at radius 1 is 1.24 bits per heavy atom. The molecular weight excluding hydrogens is 352 g/mol. The fourth-order valence-electron chi connectivity index (χ4n) is 2.86. The number of aliphatic hydroxyl groups excluding tert-OH is 2. The second-order valence-corrected chi connectivity index (χ2v) is 8.29. The molecule has 2 fully saturated rings. The van der Waals surface area contributed by atoms with Crippen LogP contribution in [0, 0.1) is 6.92 Å². The summed E-state index contributed by atoms with van der Waals surface area (Å²) in [4.78, 5) is -0.0107. The Balaban J connectivity index is 1.60. The summed E-state index contributed by atoms with van der Waals surface area (Å²) >= 11 is 0. The molecule has 2 N–H and O–H groups in total. The second kappa shape index (κ2) is 6.58. The molecule has 0 spiro atoms. The number of fused-ring (bicyclic) bond motifs is 1. The molecule has 2 saturated heterocycles. The van der Waals surface area contributed by atoms with Gasteiger partial charge in [0, 0.05) is 0 Å². The summed E-state index contributed by atoms with van der Waals surface area (Å²) in [5.74, 6) is -0.891. The van der Waals surface area contributed by atoms with Gasteiger partial charge in [-0.3, -0.25) is 4.18 Å². The zero-order valence-corrected chi connectivity index (χ0v) is 15.0. The quantitative estimate of drug-likeness (QED) is 0.708. The number of hydrogen-bond acceptors (Lipinski definition) is 8. The summed E-state index contributed by atoms with van der Waals surface area (Å²) in [6.45, 7) is 4.65. The standard InChI is InChI=1S/C16H22O8S/c1-9-4-6-10(7-5-9)25(19,20)21-8-11(17)13-12(18)14-15(22-13)24-16(2,3)23-14/h4-7,11-15,17-18H,8H2,1-3H3/t11-,12-,13+,14+,15+/m0/s1. The van der Waals surface area contributed by atoms with Gasteiger partial charge in [-0.15, -0.1) is 0 Å². The zero-order valence-electron chi connectivity index (χ0n) is 14.2. The first-order valence-electron chi connectivity index (χ1n) is 7.92. The molecule has 3 rings (SSSR count). The van der Waals surface area contributed by atoms with Gasteiger partial charge in [0.25, 0.3) is 10.1 Å². The Labute approximate surface area is 146 Å². The smallest absolute Gasteiger partial charge is 0.297 e. The number of ether oxygens (including phenoxy) is 3. The number of rotatable bonds is 5. The van der Waals surface area contributed by atoms with Crippen molar-refractivity contribution in [3.05, 3.63) is 29.8 Å². The Bertz CT molecular complexity index is 714. The van der Waals surface area contributed by atoms with Gasteiger partial charge >= 0.3 is 0 Å². The molecule has 0 aromatic heterocycles. The van der Waals surface area contributed by atoms with Crippen molar-refractivity contribution in [1.82, 2.24) is 0 Å². The molecule has 2 aliphatic heterocycles. The van der Waals surface area contributed by atoms with E-state index in [9.17, 15) is 18.6 Å². The van der Waals surface area contributed by atoms with Gasteiger partial charge in [0.2, 0.25) is 0 Å². The van der Waals surface area contributed by atoms with Crippen LogP contribution in [0.3, 0.4) is 0 Å². The maximum atomic E-state index is 12.1. The van der Waals surface area contributed by atoms with Crippen molar-refractivity contribution in [2.75, 3.05) is 6.61 Å². The van der Waals surface area contributed by atoms with E-state index < -0.39 is 53.2 Å². The van der Waals surface area contributed by atoms with E-state index in [1.165, 1.54) is 12.1 Å². The number of benzene rings is 1. The van der Waals surface area contributed by atoms with Gasteiger partial charge in [-0.2, -0.15) is 8.42 Å². The van der Waals surface area contributed by atoms with Crippen molar-refractivity contribution < 1.29 is 37.0 Å². The van der Waals surface area contributed by atoms with Gasteiger partial charge in [-0.05, 0) is 32.9 Å². The van der Waals surface area contributed by atoms with Gasteiger partial charge in [0.05, 0.1) is 11.5 Å². The van der Waals surface area contributed by atoms with Crippen LogP contribution in [0.15, 0.2) is 29.2 Å². The summed E-state index contributed by atoms with van der Waals surface area (Å²) in [6.07, 6.45) is -5.16. The minimum atomic E-state index is -4.02. The monoisotopic (exact) mass is 374 g/mol. The van der Waals surface area contributed by atoms with Crippen LogP contribution in [0.25, 0.3) is 0 Å². The molecule has 0 amide bonds. The highest BCUT2D eigenvalue weighted by molar-refractivity contribution is 7.86. The predicted molar refractivity (Wildman–Crippen MR) is 85.0 cm³/mol. The highest BCUT2D eigenvalue weighted by Crippen LogP contribution is 2.38. The van der Waals surface area contributed by atoms with Crippen molar-refractivity contribution in [3.63, 3.8) is 0 Å². The molecule has 1 aromatic rings. The summed E-state index contributed by atoms with van der Waals surface area (Å²) < 4.78 is 45.6. The maximum absolute atomic E-state index is 12.1. The molecule has 1 aromatic carbocycles. The van der Waals surface area contributed by atoms with E-state index in [0.29, 0.717) is 0 Å². The molecule has 0 saturated carbocycles. The minimum Gasteiger partial charge on any atom is -0.388 e. The van der Waals surface area contributed by atoms with E-state index >= 15 is 0 Å². The zero-order chi connectivity index (χ0) is 18.4. The summed E-state index contributed by atoms with van der Waals surface area (Å²) in [5.41, 5.74) is 0.913. The fourth-order valence-corrected chi connectivity index (χ4v) is 3.79. The van der Waals surface area contributed by atoms with Gasteiger partial charge in [-0.1, -0.05) is 17.7 Å². The van der Waals surface area contributed by atoms with Gasteiger partial charge < -0.3 is 24.4 Å². The first-order chi connectivity index (χ1) is 11.6. The van der Waals surface area contributed by atoms with Crippen LogP contribution in [-0.2, 0) is 28.5 Å². The number of aliphatic hydroxyl groups is 2. The van der Waals surface area contributed by atoms with Crippen LogP contribution in [0.5, 0.6) is 0 Å².